The minimum Gasteiger partial charge on any atom is -0.264 e. The summed E-state index contributed by atoms with van der Waals surface area (Å²) < 4.78 is 0. The molecule has 0 N–H and O–H groups in total. The monoisotopic (exact) mass is 123 g/mol. The van der Waals surface area contributed by atoms with Crippen molar-refractivity contribution in [1.29, 1.82) is 0 Å². The second-order valence-corrected chi connectivity index (χ2v) is 2.94. The van der Waals surface area contributed by atoms with E-state index in [1.54, 1.807) is 0 Å². The molecule has 0 fully saturated rings. The Kier molecular flexibility index (Phi) is 1.44. The van der Waals surface area contributed by atoms with Crippen LogP contribution in [-0.2, 0) is 0 Å². The maximum atomic E-state index is 4.24. The summed E-state index contributed by atoms with van der Waals surface area (Å²) in [6.45, 7) is 2.02. The molecule has 0 aromatic carbocycles. The van der Waals surface area contributed by atoms with Crippen LogP contribution in [-0.4, -0.2) is 15.2 Å². The molecule has 2 heteroatoms. The highest BCUT2D eigenvalue weighted by atomic mass is 28.1. The fourth-order valence-corrected chi connectivity index (χ4v) is 1.22. The van der Waals surface area contributed by atoms with Crippen LogP contribution in [0.3, 0.4) is 0 Å². The number of nitrogens with zero attached hydrogens (tertiary/aromatic N) is 1. The van der Waals surface area contributed by atoms with Crippen LogP contribution in [0.25, 0.3) is 0 Å². The molecule has 1 nitrogen and oxygen atoms in total. The van der Waals surface area contributed by atoms with E-state index >= 15 is 0 Å². The SMILES string of the molecule is Cc1cccc([SiH3])n1. The lowest BCUT2D eigenvalue weighted by atomic mass is 10.4. The van der Waals surface area contributed by atoms with E-state index in [0.29, 0.717) is 0 Å². The topological polar surface area (TPSA) is 12.9 Å². The van der Waals surface area contributed by atoms with Crippen LogP contribution in [0, 0.1) is 6.92 Å². The maximum Gasteiger partial charge on any atom is 0.0623 e. The molecule has 0 spiro atoms. The van der Waals surface area contributed by atoms with Gasteiger partial charge in [-0.1, -0.05) is 6.07 Å². The predicted molar refractivity (Wildman–Crippen MR) is 38.5 cm³/mol. The zero-order chi connectivity index (χ0) is 5.98. The highest BCUT2D eigenvalue weighted by molar-refractivity contribution is 6.30. The van der Waals surface area contributed by atoms with Gasteiger partial charge in [-0.25, -0.2) is 0 Å². The van der Waals surface area contributed by atoms with Crippen molar-refractivity contribution in [2.24, 2.45) is 0 Å². The minimum atomic E-state index is 1.06. The summed E-state index contributed by atoms with van der Waals surface area (Å²) in [5.74, 6) is 0. The molecular weight excluding hydrogens is 114 g/mol. The van der Waals surface area contributed by atoms with Crippen molar-refractivity contribution in [2.45, 2.75) is 6.92 Å². The Morgan fingerprint density at radius 1 is 1.50 bits per heavy atom. The van der Waals surface area contributed by atoms with Crippen molar-refractivity contribution >= 4 is 15.6 Å². The summed E-state index contributed by atoms with van der Waals surface area (Å²) in [5.41, 5.74) is 1.12. The fourth-order valence-electron chi connectivity index (χ4n) is 0.679. The van der Waals surface area contributed by atoms with Crippen molar-refractivity contribution in [1.82, 2.24) is 4.98 Å². The molecule has 0 amide bonds. The van der Waals surface area contributed by atoms with Crippen molar-refractivity contribution in [2.75, 3.05) is 0 Å². The van der Waals surface area contributed by atoms with E-state index in [9.17, 15) is 0 Å². The first-order valence-corrected chi connectivity index (χ1v) is 3.69. The Bertz CT molecular complexity index is 168. The Balaban J connectivity index is 3.08. The van der Waals surface area contributed by atoms with Crippen LogP contribution in [0.1, 0.15) is 5.69 Å². The van der Waals surface area contributed by atoms with E-state index in [-0.39, 0.29) is 0 Å². The van der Waals surface area contributed by atoms with Crippen LogP contribution in [0.4, 0.5) is 0 Å². The number of rotatable bonds is 0. The highest BCUT2D eigenvalue weighted by Crippen LogP contribution is 1.83. The molecule has 0 saturated carbocycles. The van der Waals surface area contributed by atoms with Gasteiger partial charge in [0, 0.05) is 11.0 Å². The average Bonchev–Trinajstić information content (AvgIpc) is 1.64. The average molecular weight is 123 g/mol. The quantitative estimate of drug-likeness (QED) is 0.419. The third-order valence-electron chi connectivity index (χ3n) is 1.03. The van der Waals surface area contributed by atoms with Crippen molar-refractivity contribution in [3.05, 3.63) is 23.9 Å². The Hall–Kier alpha value is -0.633. The normalized spacial score (nSPS) is 9.62. The molecule has 1 heterocycles. The van der Waals surface area contributed by atoms with E-state index in [2.05, 4.69) is 11.1 Å². The van der Waals surface area contributed by atoms with Gasteiger partial charge in [0.15, 0.2) is 0 Å². The van der Waals surface area contributed by atoms with Gasteiger partial charge >= 0.3 is 0 Å². The highest BCUT2D eigenvalue weighted by Gasteiger charge is 1.82. The van der Waals surface area contributed by atoms with E-state index in [1.807, 2.05) is 19.1 Å². The van der Waals surface area contributed by atoms with Gasteiger partial charge < -0.3 is 0 Å². The van der Waals surface area contributed by atoms with E-state index in [1.165, 1.54) is 5.32 Å². The summed E-state index contributed by atoms with van der Waals surface area (Å²) in [4.78, 5) is 4.24. The third kappa shape index (κ3) is 1.17. The van der Waals surface area contributed by atoms with Gasteiger partial charge in [-0.05, 0) is 19.1 Å². The van der Waals surface area contributed by atoms with Crippen LogP contribution < -0.4 is 5.32 Å². The lowest BCUT2D eigenvalue weighted by molar-refractivity contribution is 1.24. The second kappa shape index (κ2) is 2.09. The van der Waals surface area contributed by atoms with E-state index in [0.717, 1.165) is 15.9 Å². The molecule has 0 aliphatic carbocycles. The molecule has 0 unspecified atom stereocenters. The van der Waals surface area contributed by atoms with Gasteiger partial charge in [-0.15, -0.1) is 0 Å². The summed E-state index contributed by atoms with van der Waals surface area (Å²) in [5, 5.41) is 1.23. The molecule has 1 aromatic rings. The van der Waals surface area contributed by atoms with Crippen LogP contribution in [0.5, 0.6) is 0 Å². The smallest absolute Gasteiger partial charge is 0.0623 e. The molecule has 8 heavy (non-hydrogen) atoms. The standard InChI is InChI=1S/C6H9NSi/c1-5-3-2-4-6(8)7-5/h2-4H,1,8H3. The van der Waals surface area contributed by atoms with E-state index < -0.39 is 0 Å². The number of pyridine rings is 1. The zero-order valence-corrected chi connectivity index (χ0v) is 7.18. The molecule has 0 atom stereocenters. The van der Waals surface area contributed by atoms with Crippen molar-refractivity contribution in [3.8, 4) is 0 Å². The molecule has 42 valence electrons. The van der Waals surface area contributed by atoms with Crippen LogP contribution in [0.2, 0.25) is 0 Å². The van der Waals surface area contributed by atoms with Gasteiger partial charge in [0.05, 0.1) is 10.2 Å². The van der Waals surface area contributed by atoms with Crippen LogP contribution >= 0.6 is 0 Å². The summed E-state index contributed by atoms with van der Waals surface area (Å²) in [6.07, 6.45) is 0. The van der Waals surface area contributed by atoms with Gasteiger partial charge in [-0.2, -0.15) is 0 Å². The molecule has 1 aromatic heterocycles. The van der Waals surface area contributed by atoms with E-state index in [4.69, 9.17) is 0 Å². The Morgan fingerprint density at radius 2 is 2.25 bits per heavy atom. The molecule has 0 radical (unpaired) electrons. The predicted octanol–water partition coefficient (Wildman–Crippen LogP) is -0.619. The second-order valence-electron chi connectivity index (χ2n) is 1.92. The lowest BCUT2D eigenvalue weighted by Gasteiger charge is -1.90. The minimum absolute atomic E-state index is 1.06. The molecule has 0 bridgehead atoms. The van der Waals surface area contributed by atoms with Gasteiger partial charge in [0.1, 0.15) is 0 Å². The van der Waals surface area contributed by atoms with Crippen molar-refractivity contribution in [3.63, 3.8) is 0 Å². The number of hydrogen-bond acceptors (Lipinski definition) is 1. The Labute approximate surface area is 52.2 Å². The third-order valence-corrected chi connectivity index (χ3v) is 1.58. The van der Waals surface area contributed by atoms with Gasteiger partial charge in [-0.3, -0.25) is 4.98 Å². The molecule has 0 saturated heterocycles. The number of aryl methyl sites for hydroxylation is 1. The first-order valence-electron chi connectivity index (χ1n) is 2.69. The first kappa shape index (κ1) is 5.50. The molecular formula is C6H9NSi. The number of hydrogen-bond donors (Lipinski definition) is 0. The lowest BCUT2D eigenvalue weighted by Crippen LogP contribution is -2.07. The molecule has 0 aliphatic heterocycles. The fraction of sp³-hybridized carbons (Fsp3) is 0.167. The van der Waals surface area contributed by atoms with Crippen LogP contribution in [0.15, 0.2) is 18.2 Å². The number of aromatic nitrogens is 1. The first-order chi connectivity index (χ1) is 3.79. The zero-order valence-electron chi connectivity index (χ0n) is 5.18. The largest absolute Gasteiger partial charge is 0.264 e. The summed E-state index contributed by atoms with van der Waals surface area (Å²) in [6, 6.07) is 6.12. The molecule has 0 aliphatic rings. The maximum absolute atomic E-state index is 4.24. The molecule has 1 rings (SSSR count). The summed E-state index contributed by atoms with van der Waals surface area (Å²) in [7, 11) is 1.06. The van der Waals surface area contributed by atoms with Crippen molar-refractivity contribution < 1.29 is 0 Å². The van der Waals surface area contributed by atoms with Gasteiger partial charge in [0.25, 0.3) is 0 Å². The van der Waals surface area contributed by atoms with Gasteiger partial charge in [0.2, 0.25) is 0 Å². The summed E-state index contributed by atoms with van der Waals surface area (Å²) >= 11 is 0. The Morgan fingerprint density at radius 3 is 2.62 bits per heavy atom.